The first kappa shape index (κ1) is 15.2. The van der Waals surface area contributed by atoms with E-state index in [1.165, 1.54) is 13.4 Å². The number of nitrogens with zero attached hydrogens (tertiary/aromatic N) is 2. The molecule has 2 atom stereocenters. The molecule has 1 N–H and O–H groups in total. The predicted octanol–water partition coefficient (Wildman–Crippen LogP) is 0.163. The van der Waals surface area contributed by atoms with Gasteiger partial charge in [-0.25, -0.2) is 13.1 Å². The average Bonchev–Trinajstić information content (AvgIpc) is 3.23. The highest BCUT2D eigenvalue weighted by molar-refractivity contribution is 7.90. The van der Waals surface area contributed by atoms with Gasteiger partial charge >= 0.3 is 0 Å². The van der Waals surface area contributed by atoms with Crippen molar-refractivity contribution in [2.75, 3.05) is 20.3 Å². The Balaban J connectivity index is 1.65. The maximum Gasteiger partial charge on any atom is 0.293 e. The number of aromatic nitrogens is 2. The van der Waals surface area contributed by atoms with Gasteiger partial charge in [0.2, 0.25) is 10.0 Å². The number of sulfonamides is 1. The fourth-order valence-corrected chi connectivity index (χ4v) is 3.53. The van der Waals surface area contributed by atoms with Crippen LogP contribution in [0.2, 0.25) is 0 Å². The van der Waals surface area contributed by atoms with Crippen LogP contribution in [0.4, 0.5) is 0 Å². The maximum atomic E-state index is 12.2. The molecule has 3 rings (SSSR count). The van der Waals surface area contributed by atoms with Crippen LogP contribution in [0.15, 0.2) is 27.3 Å². The van der Waals surface area contributed by atoms with E-state index in [1.54, 1.807) is 12.1 Å². The minimum atomic E-state index is -3.61. The summed E-state index contributed by atoms with van der Waals surface area (Å²) in [5.41, 5.74) is 0. The van der Waals surface area contributed by atoms with Crippen molar-refractivity contribution in [3.8, 4) is 11.7 Å². The summed E-state index contributed by atoms with van der Waals surface area (Å²) in [6, 6.07) is 3.35. The van der Waals surface area contributed by atoms with Gasteiger partial charge in [-0.05, 0) is 12.1 Å². The standard InChI is InChI=1S/C12H15N3O6S/c1-18-9-6-19-7-10(9)22(16,17)13-5-11-14-12(21-15-11)8-3-2-4-20-8/h2-4,9-10,13H,5-7H2,1H3. The van der Waals surface area contributed by atoms with Crippen molar-refractivity contribution < 1.29 is 26.8 Å². The molecule has 1 aliphatic rings. The van der Waals surface area contributed by atoms with Crippen LogP contribution in [0, 0.1) is 0 Å². The molecule has 120 valence electrons. The minimum Gasteiger partial charge on any atom is -0.459 e. The third-order valence-corrected chi connectivity index (χ3v) is 5.10. The molecule has 10 heteroatoms. The normalized spacial score (nSPS) is 22.2. The average molecular weight is 329 g/mol. The third kappa shape index (κ3) is 3.04. The van der Waals surface area contributed by atoms with Crippen molar-refractivity contribution in [2.45, 2.75) is 17.9 Å². The van der Waals surface area contributed by atoms with Gasteiger partial charge in [-0.3, -0.25) is 0 Å². The lowest BCUT2D eigenvalue weighted by atomic mass is 10.3. The maximum absolute atomic E-state index is 12.2. The van der Waals surface area contributed by atoms with E-state index < -0.39 is 21.4 Å². The van der Waals surface area contributed by atoms with Gasteiger partial charge in [0.05, 0.1) is 26.0 Å². The molecule has 0 spiro atoms. The summed E-state index contributed by atoms with van der Waals surface area (Å²) in [6.07, 6.45) is 0.994. The Morgan fingerprint density at radius 3 is 3.05 bits per heavy atom. The molecule has 2 unspecified atom stereocenters. The van der Waals surface area contributed by atoms with E-state index in [-0.39, 0.29) is 31.5 Å². The first-order valence-electron chi connectivity index (χ1n) is 6.55. The lowest BCUT2D eigenvalue weighted by Gasteiger charge is -2.16. The molecule has 0 aliphatic carbocycles. The highest BCUT2D eigenvalue weighted by atomic mass is 32.2. The SMILES string of the molecule is COC1COCC1S(=O)(=O)NCc1noc(-c2ccco2)n1. The Kier molecular flexibility index (Phi) is 4.25. The smallest absolute Gasteiger partial charge is 0.293 e. The van der Waals surface area contributed by atoms with E-state index in [0.29, 0.717) is 5.76 Å². The molecule has 0 amide bonds. The van der Waals surface area contributed by atoms with Crippen molar-refractivity contribution in [1.82, 2.24) is 14.9 Å². The molecule has 22 heavy (non-hydrogen) atoms. The first-order chi connectivity index (χ1) is 10.6. The first-order valence-corrected chi connectivity index (χ1v) is 8.10. The summed E-state index contributed by atoms with van der Waals surface area (Å²) in [7, 11) is -2.15. The van der Waals surface area contributed by atoms with Crippen LogP contribution < -0.4 is 4.72 Å². The van der Waals surface area contributed by atoms with E-state index in [0.717, 1.165) is 0 Å². The van der Waals surface area contributed by atoms with E-state index in [4.69, 9.17) is 18.4 Å². The Hall–Kier alpha value is -1.75. The predicted molar refractivity (Wildman–Crippen MR) is 73.2 cm³/mol. The van der Waals surface area contributed by atoms with Gasteiger partial charge in [-0.1, -0.05) is 5.16 Å². The van der Waals surface area contributed by atoms with Crippen molar-refractivity contribution in [3.63, 3.8) is 0 Å². The molecule has 0 bridgehead atoms. The van der Waals surface area contributed by atoms with Gasteiger partial charge in [0, 0.05) is 7.11 Å². The Morgan fingerprint density at radius 1 is 1.45 bits per heavy atom. The van der Waals surface area contributed by atoms with E-state index in [9.17, 15) is 8.42 Å². The second-order valence-corrected chi connectivity index (χ2v) is 6.69. The van der Waals surface area contributed by atoms with Crippen LogP contribution in [-0.4, -0.2) is 50.2 Å². The minimum absolute atomic E-state index is 0.0839. The van der Waals surface area contributed by atoms with Gasteiger partial charge in [-0.15, -0.1) is 0 Å². The van der Waals surface area contributed by atoms with Crippen LogP contribution in [0.5, 0.6) is 0 Å². The summed E-state index contributed by atoms with van der Waals surface area (Å²) in [6.45, 7) is 0.268. The number of hydrogen-bond donors (Lipinski definition) is 1. The molecule has 3 heterocycles. The fourth-order valence-electron chi connectivity index (χ4n) is 2.12. The highest BCUT2D eigenvalue weighted by Gasteiger charge is 2.38. The molecule has 1 saturated heterocycles. The molecule has 2 aromatic rings. The number of nitrogens with one attached hydrogen (secondary N) is 1. The fraction of sp³-hybridized carbons (Fsp3) is 0.500. The van der Waals surface area contributed by atoms with E-state index in [2.05, 4.69) is 14.9 Å². The molecule has 2 aromatic heterocycles. The number of furan rings is 1. The summed E-state index contributed by atoms with van der Waals surface area (Å²) in [5.74, 6) is 0.825. The van der Waals surface area contributed by atoms with Crippen LogP contribution in [0.1, 0.15) is 5.82 Å². The van der Waals surface area contributed by atoms with E-state index >= 15 is 0 Å². The summed E-state index contributed by atoms with van der Waals surface area (Å²) < 4.78 is 47.3. The van der Waals surface area contributed by atoms with Gasteiger partial charge in [-0.2, -0.15) is 4.98 Å². The second kappa shape index (κ2) is 6.16. The Bertz CT molecular complexity index is 711. The summed E-state index contributed by atoms with van der Waals surface area (Å²) in [5, 5.41) is 2.95. The lowest BCUT2D eigenvalue weighted by molar-refractivity contribution is 0.0828. The number of rotatable bonds is 6. The number of hydrogen-bond acceptors (Lipinski definition) is 8. The van der Waals surface area contributed by atoms with Gasteiger partial charge in [0.25, 0.3) is 5.89 Å². The summed E-state index contributed by atoms with van der Waals surface area (Å²) >= 11 is 0. The van der Waals surface area contributed by atoms with Crippen LogP contribution in [0.25, 0.3) is 11.7 Å². The molecular weight excluding hydrogens is 314 g/mol. The van der Waals surface area contributed by atoms with Crippen molar-refractivity contribution >= 4 is 10.0 Å². The molecule has 1 fully saturated rings. The molecule has 0 saturated carbocycles. The van der Waals surface area contributed by atoms with Gasteiger partial charge < -0.3 is 18.4 Å². The van der Waals surface area contributed by atoms with Crippen LogP contribution >= 0.6 is 0 Å². The van der Waals surface area contributed by atoms with E-state index in [1.807, 2.05) is 0 Å². The molecule has 1 aliphatic heterocycles. The topological polar surface area (TPSA) is 117 Å². The second-order valence-electron chi connectivity index (χ2n) is 4.71. The third-order valence-electron chi connectivity index (χ3n) is 3.31. The van der Waals surface area contributed by atoms with Crippen molar-refractivity contribution in [1.29, 1.82) is 0 Å². The molecular formula is C12H15N3O6S. The van der Waals surface area contributed by atoms with Gasteiger partial charge in [0.1, 0.15) is 11.4 Å². The lowest BCUT2D eigenvalue weighted by Crippen LogP contribution is -2.41. The van der Waals surface area contributed by atoms with Crippen LogP contribution in [0.3, 0.4) is 0 Å². The quantitative estimate of drug-likeness (QED) is 0.796. The Labute approximate surface area is 126 Å². The number of ether oxygens (including phenoxy) is 2. The Morgan fingerprint density at radius 2 is 2.32 bits per heavy atom. The highest BCUT2D eigenvalue weighted by Crippen LogP contribution is 2.18. The zero-order valence-corrected chi connectivity index (χ0v) is 12.6. The molecule has 9 nitrogen and oxygen atoms in total. The number of methoxy groups -OCH3 is 1. The zero-order valence-electron chi connectivity index (χ0n) is 11.8. The van der Waals surface area contributed by atoms with Crippen molar-refractivity contribution in [3.05, 3.63) is 24.2 Å². The zero-order chi connectivity index (χ0) is 15.6. The molecule has 0 radical (unpaired) electrons. The summed E-state index contributed by atoms with van der Waals surface area (Å²) in [4.78, 5) is 4.06. The monoisotopic (exact) mass is 329 g/mol. The van der Waals surface area contributed by atoms with Crippen molar-refractivity contribution in [2.24, 2.45) is 0 Å². The van der Waals surface area contributed by atoms with Gasteiger partial charge in [0.15, 0.2) is 11.6 Å². The van der Waals surface area contributed by atoms with Crippen LogP contribution in [-0.2, 0) is 26.0 Å². The largest absolute Gasteiger partial charge is 0.459 e. The molecule has 0 aromatic carbocycles.